The third-order valence-corrected chi connectivity index (χ3v) is 4.07. The summed E-state index contributed by atoms with van der Waals surface area (Å²) >= 11 is 2.16. The zero-order valence-electron chi connectivity index (χ0n) is 8.88. The van der Waals surface area contributed by atoms with E-state index in [1.807, 2.05) is 13.8 Å². The van der Waals surface area contributed by atoms with Crippen molar-refractivity contribution in [3.8, 4) is 0 Å². The predicted octanol–water partition coefficient (Wildman–Crippen LogP) is 2.00. The Hall–Kier alpha value is -0.430. The summed E-state index contributed by atoms with van der Waals surface area (Å²) in [5, 5.41) is 0. The fourth-order valence-corrected chi connectivity index (χ4v) is 2.01. The van der Waals surface area contributed by atoms with Crippen LogP contribution in [-0.4, -0.2) is 16.6 Å². The van der Waals surface area contributed by atoms with Gasteiger partial charge in [-0.15, -0.1) is 0 Å². The number of rotatable bonds is 1. The molecule has 4 nitrogen and oxygen atoms in total. The molecule has 0 aromatic carbocycles. The van der Waals surface area contributed by atoms with Crippen molar-refractivity contribution < 1.29 is 4.74 Å². The van der Waals surface area contributed by atoms with E-state index in [-0.39, 0.29) is 5.60 Å². The Morgan fingerprint density at radius 2 is 2.20 bits per heavy atom. The average Bonchev–Trinajstić information content (AvgIpc) is 2.62. The molecule has 1 saturated heterocycles. The summed E-state index contributed by atoms with van der Waals surface area (Å²) in [7, 11) is 0. The second-order valence-corrected chi connectivity index (χ2v) is 5.09. The van der Waals surface area contributed by atoms with Crippen molar-refractivity contribution >= 4 is 28.4 Å². The molecule has 1 atom stereocenters. The first-order chi connectivity index (χ1) is 7.03. The minimum Gasteiger partial charge on any atom is -0.383 e. The van der Waals surface area contributed by atoms with Crippen LogP contribution in [-0.2, 0) is 10.3 Å². The van der Waals surface area contributed by atoms with Crippen molar-refractivity contribution in [2.75, 3.05) is 12.3 Å². The van der Waals surface area contributed by atoms with E-state index in [4.69, 9.17) is 10.5 Å². The molecule has 1 aliphatic rings. The summed E-state index contributed by atoms with van der Waals surface area (Å²) in [6.45, 7) is 4.76. The molecular formula is C10H14IN3O. The van der Waals surface area contributed by atoms with Gasteiger partial charge in [0.25, 0.3) is 0 Å². The molecule has 1 aromatic heterocycles. The highest BCUT2D eigenvalue weighted by atomic mass is 127. The van der Waals surface area contributed by atoms with E-state index in [1.165, 1.54) is 0 Å². The highest BCUT2D eigenvalue weighted by Gasteiger charge is 2.35. The Balaban J connectivity index is 2.45. The lowest BCUT2D eigenvalue weighted by molar-refractivity contribution is 0.00929. The minimum atomic E-state index is -0.344. The van der Waals surface area contributed by atoms with Gasteiger partial charge in [-0.25, -0.2) is 9.97 Å². The third-order valence-electron chi connectivity index (χ3n) is 2.73. The number of halogens is 1. The van der Waals surface area contributed by atoms with Crippen LogP contribution in [0.25, 0.3) is 0 Å². The molecule has 1 unspecified atom stereocenters. The molecule has 1 fully saturated rings. The fourth-order valence-electron chi connectivity index (χ4n) is 1.77. The van der Waals surface area contributed by atoms with Crippen LogP contribution >= 0.6 is 22.6 Å². The number of hydrogen-bond donors (Lipinski definition) is 1. The van der Waals surface area contributed by atoms with Crippen LogP contribution in [0.5, 0.6) is 0 Å². The first-order valence-corrected chi connectivity index (χ1v) is 6.05. The van der Waals surface area contributed by atoms with Gasteiger partial charge in [-0.1, -0.05) is 0 Å². The van der Waals surface area contributed by atoms with Crippen molar-refractivity contribution in [1.29, 1.82) is 0 Å². The van der Waals surface area contributed by atoms with Gasteiger partial charge >= 0.3 is 0 Å². The molecular weight excluding hydrogens is 305 g/mol. The Bertz CT molecular complexity index is 365. The van der Waals surface area contributed by atoms with Gasteiger partial charge in [0.2, 0.25) is 0 Å². The molecule has 1 aliphatic heterocycles. The monoisotopic (exact) mass is 319 g/mol. The van der Waals surface area contributed by atoms with E-state index >= 15 is 0 Å². The van der Waals surface area contributed by atoms with Gasteiger partial charge in [-0.2, -0.15) is 0 Å². The van der Waals surface area contributed by atoms with Gasteiger partial charge in [0.05, 0.1) is 9.26 Å². The molecule has 0 aliphatic carbocycles. The Kier molecular flexibility index (Phi) is 2.85. The van der Waals surface area contributed by atoms with Crippen molar-refractivity contribution in [1.82, 2.24) is 9.97 Å². The highest BCUT2D eigenvalue weighted by molar-refractivity contribution is 14.1. The fraction of sp³-hybridized carbons (Fsp3) is 0.600. The molecule has 0 amide bonds. The molecule has 0 saturated carbocycles. The first-order valence-electron chi connectivity index (χ1n) is 4.97. The molecule has 82 valence electrons. The minimum absolute atomic E-state index is 0.344. The molecule has 15 heavy (non-hydrogen) atoms. The first kappa shape index (κ1) is 11.1. The number of aromatic nitrogens is 2. The topological polar surface area (TPSA) is 61.0 Å². The van der Waals surface area contributed by atoms with Gasteiger partial charge in [0.1, 0.15) is 11.4 Å². The number of ether oxygens (including phenoxy) is 1. The van der Waals surface area contributed by atoms with Gasteiger partial charge in [-0.3, -0.25) is 0 Å². The molecule has 5 heteroatoms. The molecule has 0 radical (unpaired) electrons. The molecule has 2 heterocycles. The summed E-state index contributed by atoms with van der Waals surface area (Å²) < 4.78 is 6.62. The van der Waals surface area contributed by atoms with Crippen LogP contribution in [0.4, 0.5) is 5.82 Å². The van der Waals surface area contributed by atoms with Crippen LogP contribution in [0, 0.1) is 10.5 Å². The summed E-state index contributed by atoms with van der Waals surface area (Å²) in [5.74, 6) is 1.27. The zero-order valence-corrected chi connectivity index (χ0v) is 11.0. The molecule has 2 rings (SSSR count). The predicted molar refractivity (Wildman–Crippen MR) is 66.4 cm³/mol. The number of anilines is 1. The Morgan fingerprint density at radius 1 is 1.47 bits per heavy atom. The van der Waals surface area contributed by atoms with Gasteiger partial charge < -0.3 is 10.5 Å². The lowest BCUT2D eigenvalue weighted by Crippen LogP contribution is -2.24. The number of nitrogens with zero attached hydrogens (tertiary/aromatic N) is 2. The molecule has 0 spiro atoms. The summed E-state index contributed by atoms with van der Waals surface area (Å²) in [4.78, 5) is 8.79. The standard InChI is InChI=1S/C10H14IN3O/c1-6-7(11)8(12)14-9(13-6)10(2)4-3-5-15-10/h3-5H2,1-2H3,(H2,12,13,14). The highest BCUT2D eigenvalue weighted by Crippen LogP contribution is 2.34. The van der Waals surface area contributed by atoms with Crippen molar-refractivity contribution in [3.05, 3.63) is 15.1 Å². The van der Waals surface area contributed by atoms with Gasteiger partial charge in [0, 0.05) is 6.61 Å². The SMILES string of the molecule is Cc1nc(C2(C)CCCO2)nc(N)c1I. The quantitative estimate of drug-likeness (QED) is 0.804. The Morgan fingerprint density at radius 3 is 2.73 bits per heavy atom. The van der Waals surface area contributed by atoms with E-state index in [0.29, 0.717) is 5.82 Å². The van der Waals surface area contributed by atoms with Crippen molar-refractivity contribution in [3.63, 3.8) is 0 Å². The normalized spacial score (nSPS) is 25.8. The van der Waals surface area contributed by atoms with Crippen LogP contribution in [0.2, 0.25) is 0 Å². The van der Waals surface area contributed by atoms with E-state index in [0.717, 1.165) is 34.5 Å². The van der Waals surface area contributed by atoms with E-state index in [2.05, 4.69) is 32.6 Å². The lowest BCUT2D eigenvalue weighted by Gasteiger charge is -2.22. The van der Waals surface area contributed by atoms with Crippen molar-refractivity contribution in [2.45, 2.75) is 32.3 Å². The third kappa shape index (κ3) is 1.94. The molecule has 1 aromatic rings. The number of nitrogen functional groups attached to an aromatic ring is 1. The van der Waals surface area contributed by atoms with Crippen LogP contribution < -0.4 is 5.73 Å². The summed E-state index contributed by atoms with van der Waals surface area (Å²) in [6.07, 6.45) is 2.03. The Labute approximate surface area is 103 Å². The lowest BCUT2D eigenvalue weighted by atomic mass is 10.0. The van der Waals surface area contributed by atoms with Crippen LogP contribution in [0.1, 0.15) is 31.3 Å². The second kappa shape index (κ2) is 3.86. The zero-order chi connectivity index (χ0) is 11.1. The second-order valence-electron chi connectivity index (χ2n) is 4.01. The maximum absolute atomic E-state index is 5.83. The summed E-state index contributed by atoms with van der Waals surface area (Å²) in [6, 6.07) is 0. The number of nitrogens with two attached hydrogens (primary N) is 1. The van der Waals surface area contributed by atoms with Crippen LogP contribution in [0.3, 0.4) is 0 Å². The average molecular weight is 319 g/mol. The largest absolute Gasteiger partial charge is 0.383 e. The van der Waals surface area contributed by atoms with Gasteiger partial charge in [-0.05, 0) is 49.3 Å². The van der Waals surface area contributed by atoms with Crippen molar-refractivity contribution in [2.24, 2.45) is 0 Å². The van der Waals surface area contributed by atoms with E-state index in [1.54, 1.807) is 0 Å². The molecule has 0 bridgehead atoms. The number of aryl methyl sites for hydroxylation is 1. The summed E-state index contributed by atoms with van der Waals surface area (Å²) in [5.41, 5.74) is 6.42. The van der Waals surface area contributed by atoms with Crippen LogP contribution in [0.15, 0.2) is 0 Å². The maximum Gasteiger partial charge on any atom is 0.162 e. The maximum atomic E-state index is 5.83. The van der Waals surface area contributed by atoms with Gasteiger partial charge in [0.15, 0.2) is 5.82 Å². The smallest absolute Gasteiger partial charge is 0.162 e. The van der Waals surface area contributed by atoms with E-state index in [9.17, 15) is 0 Å². The van der Waals surface area contributed by atoms with E-state index < -0.39 is 0 Å². The number of hydrogen-bond acceptors (Lipinski definition) is 4. The molecule has 2 N–H and O–H groups in total.